The Morgan fingerprint density at radius 1 is 1.00 bits per heavy atom. The Kier molecular flexibility index (Phi) is 3.87. The van der Waals surface area contributed by atoms with Gasteiger partial charge in [0.15, 0.2) is 0 Å². The first-order chi connectivity index (χ1) is 9.10. The number of rotatable bonds is 3. The molecule has 0 unspecified atom stereocenters. The van der Waals surface area contributed by atoms with Crippen molar-refractivity contribution in [2.45, 2.75) is 27.4 Å². The van der Waals surface area contributed by atoms with Gasteiger partial charge in [0.1, 0.15) is 12.4 Å². The number of ether oxygens (including phenoxy) is 1. The smallest absolute Gasteiger partial charge is 0.119 e. The van der Waals surface area contributed by atoms with Gasteiger partial charge in [-0.1, -0.05) is 17.7 Å². The molecule has 0 aliphatic carbocycles. The molecule has 2 nitrogen and oxygen atoms in total. The van der Waals surface area contributed by atoms with E-state index in [4.69, 9.17) is 10.00 Å². The van der Waals surface area contributed by atoms with E-state index >= 15 is 0 Å². The summed E-state index contributed by atoms with van der Waals surface area (Å²) in [6, 6.07) is 13.6. The summed E-state index contributed by atoms with van der Waals surface area (Å²) in [6.07, 6.45) is 0. The lowest BCUT2D eigenvalue weighted by Crippen LogP contribution is -2.01. The van der Waals surface area contributed by atoms with Crippen LogP contribution < -0.4 is 4.74 Å². The van der Waals surface area contributed by atoms with E-state index in [9.17, 15) is 0 Å². The average Bonchev–Trinajstić information content (AvgIpc) is 2.38. The summed E-state index contributed by atoms with van der Waals surface area (Å²) >= 11 is 0. The maximum absolute atomic E-state index is 8.74. The Labute approximate surface area is 114 Å². The number of aryl methyl sites for hydroxylation is 3. The molecular weight excluding hydrogens is 234 g/mol. The maximum atomic E-state index is 8.74. The molecule has 0 radical (unpaired) electrons. The minimum Gasteiger partial charge on any atom is -0.489 e. The molecule has 0 saturated carbocycles. The van der Waals surface area contributed by atoms with Crippen molar-refractivity contribution in [3.8, 4) is 11.8 Å². The molecule has 0 aromatic heterocycles. The highest BCUT2D eigenvalue weighted by Gasteiger charge is 2.05. The van der Waals surface area contributed by atoms with Crippen molar-refractivity contribution < 1.29 is 4.74 Å². The highest BCUT2D eigenvalue weighted by molar-refractivity contribution is 5.38. The molecule has 0 heterocycles. The fourth-order valence-electron chi connectivity index (χ4n) is 2.22. The molecule has 2 aromatic rings. The first-order valence-corrected chi connectivity index (χ1v) is 6.30. The Bertz CT molecular complexity index is 598. The predicted molar refractivity (Wildman–Crippen MR) is 76.1 cm³/mol. The number of hydrogen-bond donors (Lipinski definition) is 0. The molecule has 0 bridgehead atoms. The van der Waals surface area contributed by atoms with Crippen LogP contribution in [0.15, 0.2) is 36.4 Å². The third-order valence-corrected chi connectivity index (χ3v) is 3.21. The predicted octanol–water partition coefficient (Wildman–Crippen LogP) is 4.06. The minimum absolute atomic E-state index is 0.559. The van der Waals surface area contributed by atoms with Crippen LogP contribution >= 0.6 is 0 Å². The number of hydrogen-bond acceptors (Lipinski definition) is 2. The van der Waals surface area contributed by atoms with Crippen molar-refractivity contribution in [2.24, 2.45) is 0 Å². The molecule has 19 heavy (non-hydrogen) atoms. The molecule has 0 amide bonds. The van der Waals surface area contributed by atoms with E-state index in [1.54, 1.807) is 12.1 Å². The van der Waals surface area contributed by atoms with Gasteiger partial charge in [-0.2, -0.15) is 5.26 Å². The van der Waals surface area contributed by atoms with Crippen LogP contribution in [0.3, 0.4) is 0 Å². The fourth-order valence-corrected chi connectivity index (χ4v) is 2.22. The Morgan fingerprint density at radius 3 is 2.11 bits per heavy atom. The summed E-state index contributed by atoms with van der Waals surface area (Å²) in [5.41, 5.74) is 5.67. The van der Waals surface area contributed by atoms with Crippen LogP contribution in [0.5, 0.6) is 5.75 Å². The Hall–Kier alpha value is -2.27. The van der Waals surface area contributed by atoms with E-state index in [0.717, 1.165) is 5.75 Å². The maximum Gasteiger partial charge on any atom is 0.119 e. The summed E-state index contributed by atoms with van der Waals surface area (Å²) < 4.78 is 5.78. The van der Waals surface area contributed by atoms with Crippen LogP contribution in [0, 0.1) is 32.1 Å². The Morgan fingerprint density at radius 2 is 1.58 bits per heavy atom. The van der Waals surface area contributed by atoms with Gasteiger partial charge in [-0.3, -0.25) is 0 Å². The van der Waals surface area contributed by atoms with Gasteiger partial charge in [-0.05, 0) is 61.7 Å². The summed E-state index contributed by atoms with van der Waals surface area (Å²) in [5.74, 6) is 0.790. The zero-order valence-electron chi connectivity index (χ0n) is 11.5. The standard InChI is InChI=1S/C17H17NO/c1-12-8-13(2)17(14(3)9-12)11-19-16-6-4-15(10-18)5-7-16/h4-9H,11H2,1-3H3. The van der Waals surface area contributed by atoms with Gasteiger partial charge in [0.25, 0.3) is 0 Å². The SMILES string of the molecule is Cc1cc(C)c(COc2ccc(C#N)cc2)c(C)c1. The zero-order valence-corrected chi connectivity index (χ0v) is 11.5. The average molecular weight is 251 g/mol. The number of nitriles is 1. The van der Waals surface area contributed by atoms with Crippen molar-refractivity contribution in [3.05, 3.63) is 64.2 Å². The monoisotopic (exact) mass is 251 g/mol. The molecule has 0 fully saturated rings. The number of benzene rings is 2. The third-order valence-electron chi connectivity index (χ3n) is 3.21. The lowest BCUT2D eigenvalue weighted by atomic mass is 10.0. The van der Waals surface area contributed by atoms with Crippen LogP contribution in [-0.4, -0.2) is 0 Å². The molecule has 0 spiro atoms. The summed E-state index contributed by atoms with van der Waals surface area (Å²) in [7, 11) is 0. The van der Waals surface area contributed by atoms with Crippen LogP contribution in [0.1, 0.15) is 27.8 Å². The molecule has 0 N–H and O–H groups in total. The second-order valence-corrected chi connectivity index (χ2v) is 4.80. The lowest BCUT2D eigenvalue weighted by Gasteiger charge is -2.12. The van der Waals surface area contributed by atoms with Crippen molar-refractivity contribution in [3.63, 3.8) is 0 Å². The van der Waals surface area contributed by atoms with E-state index in [1.807, 2.05) is 12.1 Å². The van der Waals surface area contributed by atoms with Crippen molar-refractivity contribution in [2.75, 3.05) is 0 Å². The van der Waals surface area contributed by atoms with Crippen LogP contribution in [0.4, 0.5) is 0 Å². The van der Waals surface area contributed by atoms with E-state index in [0.29, 0.717) is 12.2 Å². The van der Waals surface area contributed by atoms with Crippen molar-refractivity contribution >= 4 is 0 Å². The molecule has 0 aliphatic rings. The number of nitrogens with zero attached hydrogens (tertiary/aromatic N) is 1. The molecule has 96 valence electrons. The molecular formula is C17H17NO. The van der Waals surface area contributed by atoms with E-state index in [2.05, 4.69) is 39.0 Å². The van der Waals surface area contributed by atoms with Crippen LogP contribution in [0.2, 0.25) is 0 Å². The van der Waals surface area contributed by atoms with Gasteiger partial charge in [0.2, 0.25) is 0 Å². The summed E-state index contributed by atoms with van der Waals surface area (Å²) in [5, 5.41) is 8.74. The van der Waals surface area contributed by atoms with E-state index in [1.165, 1.54) is 22.3 Å². The van der Waals surface area contributed by atoms with Gasteiger partial charge in [0, 0.05) is 0 Å². The van der Waals surface area contributed by atoms with Gasteiger partial charge in [0.05, 0.1) is 11.6 Å². The molecule has 2 rings (SSSR count). The highest BCUT2D eigenvalue weighted by Crippen LogP contribution is 2.19. The van der Waals surface area contributed by atoms with Crippen molar-refractivity contribution in [1.29, 1.82) is 5.26 Å². The van der Waals surface area contributed by atoms with Crippen molar-refractivity contribution in [1.82, 2.24) is 0 Å². The topological polar surface area (TPSA) is 33.0 Å². The van der Waals surface area contributed by atoms with E-state index < -0.39 is 0 Å². The summed E-state index contributed by atoms with van der Waals surface area (Å²) in [4.78, 5) is 0. The molecule has 2 aromatic carbocycles. The van der Waals surface area contributed by atoms with Crippen LogP contribution in [0.25, 0.3) is 0 Å². The Balaban J connectivity index is 2.12. The summed E-state index contributed by atoms with van der Waals surface area (Å²) in [6.45, 7) is 6.88. The third kappa shape index (κ3) is 3.14. The second-order valence-electron chi connectivity index (χ2n) is 4.80. The molecule has 0 saturated heterocycles. The van der Waals surface area contributed by atoms with Gasteiger partial charge < -0.3 is 4.74 Å². The first kappa shape index (κ1) is 13.2. The quantitative estimate of drug-likeness (QED) is 0.824. The second kappa shape index (κ2) is 5.58. The molecule has 2 heteroatoms. The fraction of sp³-hybridized carbons (Fsp3) is 0.235. The zero-order chi connectivity index (χ0) is 13.8. The normalized spacial score (nSPS) is 10.0. The van der Waals surface area contributed by atoms with Crippen LogP contribution in [-0.2, 0) is 6.61 Å². The van der Waals surface area contributed by atoms with Gasteiger partial charge in [-0.25, -0.2) is 0 Å². The molecule has 0 atom stereocenters. The minimum atomic E-state index is 0.559. The largest absolute Gasteiger partial charge is 0.489 e. The van der Waals surface area contributed by atoms with Gasteiger partial charge in [-0.15, -0.1) is 0 Å². The van der Waals surface area contributed by atoms with Gasteiger partial charge >= 0.3 is 0 Å². The molecule has 0 aliphatic heterocycles. The highest BCUT2D eigenvalue weighted by atomic mass is 16.5. The first-order valence-electron chi connectivity index (χ1n) is 6.30. The van der Waals surface area contributed by atoms with E-state index in [-0.39, 0.29) is 0 Å². The lowest BCUT2D eigenvalue weighted by molar-refractivity contribution is 0.304.